The normalized spacial score (nSPS) is 11.5. The molecule has 2 N–H and O–H groups in total. The zero-order chi connectivity index (χ0) is 18.2. The first-order valence-corrected chi connectivity index (χ1v) is 8.75. The van der Waals surface area contributed by atoms with Crippen molar-refractivity contribution in [2.45, 2.75) is 6.18 Å². The number of nitrogen functional groups attached to an aromatic ring is 1. The number of rotatable bonds is 3. The van der Waals surface area contributed by atoms with Crippen molar-refractivity contribution < 1.29 is 18.0 Å². The van der Waals surface area contributed by atoms with E-state index in [1.165, 1.54) is 12.1 Å². The predicted molar refractivity (Wildman–Crippen MR) is 96.7 cm³/mol. The number of thiophene rings is 1. The number of benzene rings is 2. The van der Waals surface area contributed by atoms with Crippen LogP contribution in [0.4, 0.5) is 18.2 Å². The number of nitrogens with two attached hydrogens (primary N) is 1. The molecule has 0 spiro atoms. The van der Waals surface area contributed by atoms with E-state index in [1.807, 2.05) is 0 Å². The first-order valence-electron chi connectivity index (χ1n) is 7.14. The quantitative estimate of drug-likeness (QED) is 0.522. The molecule has 1 aromatic heterocycles. The van der Waals surface area contributed by atoms with E-state index in [9.17, 15) is 18.0 Å². The molecule has 7 heteroatoms. The molecule has 0 bridgehead atoms. The fraction of sp³-hybridized carbons (Fsp3) is 0.0556. The summed E-state index contributed by atoms with van der Waals surface area (Å²) in [6, 6.07) is 13.4. The first kappa shape index (κ1) is 17.7. The summed E-state index contributed by atoms with van der Waals surface area (Å²) in [5.41, 5.74) is 6.51. The van der Waals surface area contributed by atoms with Crippen LogP contribution >= 0.6 is 27.3 Å². The molecule has 2 aromatic carbocycles. The Morgan fingerprint density at radius 2 is 1.72 bits per heavy atom. The maximum Gasteiger partial charge on any atom is 0.416 e. The van der Waals surface area contributed by atoms with Crippen LogP contribution in [0.15, 0.2) is 58.4 Å². The molecule has 3 aromatic rings. The van der Waals surface area contributed by atoms with Gasteiger partial charge in [-0.3, -0.25) is 4.79 Å². The Morgan fingerprint density at radius 1 is 1.04 bits per heavy atom. The zero-order valence-corrected chi connectivity index (χ0v) is 15.0. The van der Waals surface area contributed by atoms with Gasteiger partial charge in [-0.05, 0) is 33.6 Å². The van der Waals surface area contributed by atoms with Gasteiger partial charge in [0.15, 0.2) is 5.78 Å². The van der Waals surface area contributed by atoms with Crippen LogP contribution in [0.3, 0.4) is 0 Å². The first-order chi connectivity index (χ1) is 11.8. The summed E-state index contributed by atoms with van der Waals surface area (Å²) in [7, 11) is 0. The number of ketones is 1. The van der Waals surface area contributed by atoms with E-state index in [0.717, 1.165) is 23.5 Å². The Hall–Kier alpha value is -2.12. The molecule has 0 saturated carbocycles. The zero-order valence-electron chi connectivity index (χ0n) is 12.6. The fourth-order valence-corrected chi connectivity index (χ4v) is 4.25. The van der Waals surface area contributed by atoms with Crippen LogP contribution in [0.2, 0.25) is 0 Å². The van der Waals surface area contributed by atoms with Crippen LogP contribution in [0.25, 0.3) is 11.1 Å². The summed E-state index contributed by atoms with van der Waals surface area (Å²) in [5, 5.41) is 0.258. The Morgan fingerprint density at radius 3 is 2.36 bits per heavy atom. The van der Waals surface area contributed by atoms with E-state index < -0.39 is 11.7 Å². The van der Waals surface area contributed by atoms with Crippen molar-refractivity contribution in [3.8, 4) is 11.1 Å². The number of halogens is 4. The molecule has 0 amide bonds. The molecule has 2 nitrogen and oxygen atoms in total. The molecule has 0 radical (unpaired) electrons. The lowest BCUT2D eigenvalue weighted by atomic mass is 9.96. The topological polar surface area (TPSA) is 43.1 Å². The van der Waals surface area contributed by atoms with Crippen molar-refractivity contribution >= 4 is 38.1 Å². The van der Waals surface area contributed by atoms with Gasteiger partial charge in [0.05, 0.1) is 19.9 Å². The number of carbonyl (C=O) groups is 1. The molecule has 0 aliphatic rings. The minimum Gasteiger partial charge on any atom is -0.390 e. The number of alkyl halides is 3. The highest BCUT2D eigenvalue weighted by Gasteiger charge is 2.31. The van der Waals surface area contributed by atoms with Gasteiger partial charge in [0.25, 0.3) is 0 Å². The number of carbonyl (C=O) groups excluding carboxylic acids is 1. The Labute approximate surface area is 154 Å². The predicted octanol–water partition coefficient (Wildman–Crippen LogP) is 6.01. The van der Waals surface area contributed by atoms with Crippen molar-refractivity contribution in [1.29, 1.82) is 0 Å². The van der Waals surface area contributed by atoms with Crippen LogP contribution in [-0.4, -0.2) is 5.78 Å². The van der Waals surface area contributed by atoms with E-state index in [0.29, 0.717) is 14.9 Å². The van der Waals surface area contributed by atoms with Gasteiger partial charge in [-0.2, -0.15) is 13.2 Å². The third-order valence-corrected chi connectivity index (χ3v) is 5.32. The molecule has 0 unspecified atom stereocenters. The minimum atomic E-state index is -4.46. The van der Waals surface area contributed by atoms with Crippen molar-refractivity contribution in [1.82, 2.24) is 0 Å². The van der Waals surface area contributed by atoms with Crippen molar-refractivity contribution in [3.63, 3.8) is 0 Å². The second-order valence-corrected chi connectivity index (χ2v) is 7.63. The summed E-state index contributed by atoms with van der Waals surface area (Å²) in [4.78, 5) is 12.8. The van der Waals surface area contributed by atoms with Gasteiger partial charge in [0, 0.05) is 11.1 Å². The molecule has 0 aliphatic heterocycles. The minimum absolute atomic E-state index is 0.211. The maximum absolute atomic E-state index is 13.0. The van der Waals surface area contributed by atoms with E-state index in [2.05, 4.69) is 15.9 Å². The highest BCUT2D eigenvalue weighted by molar-refractivity contribution is 9.11. The van der Waals surface area contributed by atoms with Gasteiger partial charge in [0.1, 0.15) is 0 Å². The van der Waals surface area contributed by atoms with Gasteiger partial charge in [-0.1, -0.05) is 42.5 Å². The average Bonchev–Trinajstić information content (AvgIpc) is 2.88. The Kier molecular flexibility index (Phi) is 4.71. The molecule has 0 fully saturated rings. The molecule has 128 valence electrons. The van der Waals surface area contributed by atoms with Crippen LogP contribution < -0.4 is 5.73 Å². The van der Waals surface area contributed by atoms with Crippen LogP contribution in [0.1, 0.15) is 21.5 Å². The Bertz CT molecular complexity index is 935. The Balaban J connectivity index is 2.17. The monoisotopic (exact) mass is 425 g/mol. The molecule has 0 saturated heterocycles. The lowest BCUT2D eigenvalue weighted by Gasteiger charge is -2.10. The lowest BCUT2D eigenvalue weighted by molar-refractivity contribution is -0.137. The van der Waals surface area contributed by atoms with Crippen molar-refractivity contribution in [2.75, 3.05) is 5.73 Å². The fourth-order valence-electron chi connectivity index (χ4n) is 2.49. The standard InChI is InChI=1S/C18H11BrF3NOS/c19-16-13(11-7-4-8-12(9-11)18(20,21)22)14(17(23)25-16)15(24)10-5-2-1-3-6-10/h1-9H,23H2. The second kappa shape index (κ2) is 6.65. The van der Waals surface area contributed by atoms with E-state index >= 15 is 0 Å². The number of anilines is 1. The molecule has 25 heavy (non-hydrogen) atoms. The second-order valence-electron chi connectivity index (χ2n) is 5.26. The SMILES string of the molecule is Nc1sc(Br)c(-c2cccc(C(F)(F)F)c2)c1C(=O)c1ccccc1. The summed E-state index contributed by atoms with van der Waals surface area (Å²) >= 11 is 4.44. The van der Waals surface area contributed by atoms with Gasteiger partial charge in [-0.25, -0.2) is 0 Å². The highest BCUT2D eigenvalue weighted by Crippen LogP contribution is 2.44. The smallest absolute Gasteiger partial charge is 0.390 e. The molecule has 0 aliphatic carbocycles. The maximum atomic E-state index is 13.0. The van der Waals surface area contributed by atoms with Crippen molar-refractivity contribution in [3.05, 3.63) is 75.1 Å². The average molecular weight is 426 g/mol. The lowest BCUT2D eigenvalue weighted by Crippen LogP contribution is -2.06. The highest BCUT2D eigenvalue weighted by atomic mass is 79.9. The molecular weight excluding hydrogens is 415 g/mol. The summed E-state index contributed by atoms with van der Waals surface area (Å²) in [6.45, 7) is 0. The van der Waals surface area contributed by atoms with Gasteiger partial charge in [0.2, 0.25) is 0 Å². The van der Waals surface area contributed by atoms with E-state index in [-0.39, 0.29) is 21.9 Å². The molecule has 1 heterocycles. The van der Waals surface area contributed by atoms with Gasteiger partial charge in [-0.15, -0.1) is 11.3 Å². The van der Waals surface area contributed by atoms with Crippen LogP contribution in [-0.2, 0) is 6.18 Å². The van der Waals surface area contributed by atoms with E-state index in [1.54, 1.807) is 30.3 Å². The third-order valence-electron chi connectivity index (χ3n) is 3.63. The van der Waals surface area contributed by atoms with Crippen LogP contribution in [0.5, 0.6) is 0 Å². The summed E-state index contributed by atoms with van der Waals surface area (Å²) in [6.07, 6.45) is -4.46. The summed E-state index contributed by atoms with van der Waals surface area (Å²) < 4.78 is 39.6. The molecular formula is C18H11BrF3NOS. The van der Waals surface area contributed by atoms with Gasteiger partial charge < -0.3 is 5.73 Å². The van der Waals surface area contributed by atoms with E-state index in [4.69, 9.17) is 5.73 Å². The number of hydrogen-bond donors (Lipinski definition) is 1. The number of hydrogen-bond acceptors (Lipinski definition) is 3. The molecule has 0 atom stereocenters. The van der Waals surface area contributed by atoms with Gasteiger partial charge >= 0.3 is 6.18 Å². The third kappa shape index (κ3) is 3.48. The molecule has 3 rings (SSSR count). The van der Waals surface area contributed by atoms with Crippen molar-refractivity contribution in [2.24, 2.45) is 0 Å². The summed E-state index contributed by atoms with van der Waals surface area (Å²) in [5.74, 6) is -0.326. The van der Waals surface area contributed by atoms with Crippen LogP contribution in [0, 0.1) is 0 Å². The largest absolute Gasteiger partial charge is 0.416 e.